The molecule has 0 unspecified atom stereocenters. The lowest BCUT2D eigenvalue weighted by atomic mass is 10.2. The number of carboxylic acid groups (broad SMARTS) is 1. The van der Waals surface area contributed by atoms with E-state index in [9.17, 15) is 9.59 Å². The van der Waals surface area contributed by atoms with Crippen LogP contribution in [0.2, 0.25) is 0 Å². The molecule has 0 saturated carbocycles. The van der Waals surface area contributed by atoms with Gasteiger partial charge in [-0.25, -0.2) is 9.59 Å². The molecule has 10 heteroatoms. The van der Waals surface area contributed by atoms with E-state index in [4.69, 9.17) is 24.4 Å². The summed E-state index contributed by atoms with van der Waals surface area (Å²) in [7, 11) is 3.21. The number of carbonyl (C=O) groups excluding carboxylic acids is 1. The largest absolute Gasteiger partial charge is 0.478 e. The summed E-state index contributed by atoms with van der Waals surface area (Å²) in [6.45, 7) is 21.9. The lowest BCUT2D eigenvalue weighted by Gasteiger charge is -2.28. The van der Waals surface area contributed by atoms with Crippen LogP contribution in [0.5, 0.6) is 0 Å². The third-order valence-electron chi connectivity index (χ3n) is 3.60. The van der Waals surface area contributed by atoms with Crippen molar-refractivity contribution in [3.63, 3.8) is 0 Å². The highest BCUT2D eigenvalue weighted by Gasteiger charge is 2.09. The molecule has 0 aromatic heterocycles. The number of rotatable bonds is 16. The number of aliphatic carboxylic acids is 1. The summed E-state index contributed by atoms with van der Waals surface area (Å²) in [5.74, 6) is -1.41. The Morgan fingerprint density at radius 2 is 1.24 bits per heavy atom. The Bertz CT molecular complexity index is 444. The van der Waals surface area contributed by atoms with Gasteiger partial charge >= 0.3 is 11.9 Å². The van der Waals surface area contributed by atoms with Gasteiger partial charge < -0.3 is 33.9 Å². The molecule has 0 rings (SSSR count). The number of methoxy groups -OCH3 is 2. The second-order valence-electron chi connectivity index (χ2n) is 6.87. The standard InChI is InChI=1S/C8H19N.C8H14O4.C5H12O3.C3H4O2/c1-6-9(7(2)3)8(4)5;1-3-8(9)12-7-6-11-5-4-10-2;1-7-4-5-8-3-2-6;1-2-3(4)5/h7-8H,6H2,1-5H3;3H,1,4-7H2,2H3;6H,2-5H2,1H3;2H,1H2,(H,4,5). The van der Waals surface area contributed by atoms with E-state index in [1.54, 1.807) is 14.2 Å². The molecule has 0 amide bonds. The minimum Gasteiger partial charge on any atom is -0.478 e. The molecule has 0 bridgehead atoms. The Balaban J connectivity index is -0.000000184. The van der Waals surface area contributed by atoms with Crippen LogP contribution in [0.3, 0.4) is 0 Å². The van der Waals surface area contributed by atoms with Crippen LogP contribution in [0, 0.1) is 0 Å². The Hall–Kier alpha value is -1.82. The lowest BCUT2D eigenvalue weighted by Crippen LogP contribution is -2.36. The van der Waals surface area contributed by atoms with Crippen molar-refractivity contribution in [1.29, 1.82) is 0 Å². The molecule has 0 atom stereocenters. The molecule has 0 heterocycles. The van der Waals surface area contributed by atoms with Gasteiger partial charge in [-0.2, -0.15) is 0 Å². The molecule has 2 N–H and O–H groups in total. The summed E-state index contributed by atoms with van der Waals surface area (Å²) >= 11 is 0. The van der Waals surface area contributed by atoms with Crippen molar-refractivity contribution < 1.29 is 43.5 Å². The van der Waals surface area contributed by atoms with E-state index < -0.39 is 11.9 Å². The average Bonchev–Trinajstić information content (AvgIpc) is 2.80. The SMILES string of the molecule is C=CC(=O)O.C=CC(=O)OCCOCCOC.CCN(C(C)C)C(C)C.COCCOCCO. The van der Waals surface area contributed by atoms with E-state index in [1.807, 2.05) is 0 Å². The Labute approximate surface area is 206 Å². The van der Waals surface area contributed by atoms with E-state index in [0.29, 0.717) is 51.7 Å². The topological polar surface area (TPSA) is 124 Å². The van der Waals surface area contributed by atoms with Crippen LogP contribution in [-0.4, -0.2) is 113 Å². The van der Waals surface area contributed by atoms with E-state index in [1.165, 1.54) is 0 Å². The molecule has 0 fully saturated rings. The van der Waals surface area contributed by atoms with Gasteiger partial charge in [-0.15, -0.1) is 0 Å². The predicted octanol–water partition coefficient (Wildman–Crippen LogP) is 2.40. The molecule has 34 heavy (non-hydrogen) atoms. The van der Waals surface area contributed by atoms with Gasteiger partial charge in [-0.3, -0.25) is 4.90 Å². The van der Waals surface area contributed by atoms with Crippen molar-refractivity contribution in [3.05, 3.63) is 25.3 Å². The molecule has 0 radical (unpaired) electrons. The zero-order chi connectivity index (χ0) is 27.2. The fourth-order valence-electron chi connectivity index (χ4n) is 2.14. The number of aliphatic hydroxyl groups excluding tert-OH is 1. The summed E-state index contributed by atoms with van der Waals surface area (Å²) in [6, 6.07) is 1.38. The molecule has 0 saturated heterocycles. The molecule has 0 aliphatic rings. The number of hydrogen-bond acceptors (Lipinski definition) is 9. The zero-order valence-corrected chi connectivity index (χ0v) is 22.3. The second kappa shape index (κ2) is 33.4. The Morgan fingerprint density at radius 1 is 0.824 bits per heavy atom. The Morgan fingerprint density at radius 3 is 1.50 bits per heavy atom. The number of ether oxygens (including phenoxy) is 5. The monoisotopic (exact) mass is 495 g/mol. The van der Waals surface area contributed by atoms with Gasteiger partial charge in [0, 0.05) is 38.5 Å². The summed E-state index contributed by atoms with van der Waals surface area (Å²) in [5, 5.41) is 15.8. The maximum atomic E-state index is 10.5. The summed E-state index contributed by atoms with van der Waals surface area (Å²) in [6.07, 6.45) is 1.95. The van der Waals surface area contributed by atoms with Gasteiger partial charge in [0.2, 0.25) is 0 Å². The minimum atomic E-state index is -0.981. The van der Waals surface area contributed by atoms with Crippen molar-refractivity contribution in [2.75, 3.05) is 73.6 Å². The molecule has 0 aliphatic heterocycles. The first-order valence-electron chi connectivity index (χ1n) is 11.2. The van der Waals surface area contributed by atoms with Gasteiger partial charge in [-0.05, 0) is 34.2 Å². The zero-order valence-electron chi connectivity index (χ0n) is 22.3. The minimum absolute atomic E-state index is 0.0870. The molecule has 0 aliphatic carbocycles. The first kappa shape index (κ1) is 39.4. The smallest absolute Gasteiger partial charge is 0.330 e. The lowest BCUT2D eigenvalue weighted by molar-refractivity contribution is -0.139. The summed E-state index contributed by atoms with van der Waals surface area (Å²) in [4.78, 5) is 22.2. The maximum Gasteiger partial charge on any atom is 0.330 e. The number of nitrogens with zero attached hydrogens (tertiary/aromatic N) is 1. The number of hydrogen-bond donors (Lipinski definition) is 2. The van der Waals surface area contributed by atoms with E-state index in [-0.39, 0.29) is 13.2 Å². The van der Waals surface area contributed by atoms with Gasteiger partial charge in [0.05, 0.1) is 46.2 Å². The van der Waals surface area contributed by atoms with E-state index >= 15 is 0 Å². The number of carboxylic acids is 1. The van der Waals surface area contributed by atoms with Gasteiger partial charge in [0.1, 0.15) is 6.61 Å². The van der Waals surface area contributed by atoms with Crippen molar-refractivity contribution in [3.8, 4) is 0 Å². The molecule has 0 spiro atoms. The predicted molar refractivity (Wildman–Crippen MR) is 134 cm³/mol. The third-order valence-corrected chi connectivity index (χ3v) is 3.60. The second-order valence-corrected chi connectivity index (χ2v) is 6.87. The number of aliphatic hydroxyl groups is 1. The molecular weight excluding hydrogens is 446 g/mol. The van der Waals surface area contributed by atoms with Gasteiger partial charge in [-0.1, -0.05) is 20.1 Å². The summed E-state index contributed by atoms with van der Waals surface area (Å²) < 4.78 is 24.0. The normalized spacial score (nSPS) is 9.74. The van der Waals surface area contributed by atoms with Gasteiger partial charge in [0.25, 0.3) is 0 Å². The van der Waals surface area contributed by atoms with Crippen LogP contribution in [0.15, 0.2) is 25.3 Å². The highest BCUT2D eigenvalue weighted by Crippen LogP contribution is 2.02. The van der Waals surface area contributed by atoms with Crippen molar-refractivity contribution in [2.24, 2.45) is 0 Å². The molecular formula is C24H49NO9. The highest BCUT2D eigenvalue weighted by molar-refractivity contribution is 5.81. The molecule has 204 valence electrons. The highest BCUT2D eigenvalue weighted by atomic mass is 16.6. The first-order valence-corrected chi connectivity index (χ1v) is 11.2. The van der Waals surface area contributed by atoms with Crippen LogP contribution in [0.4, 0.5) is 0 Å². The fraction of sp³-hybridized carbons (Fsp3) is 0.750. The molecule has 0 aromatic rings. The van der Waals surface area contributed by atoms with Crippen LogP contribution < -0.4 is 0 Å². The molecule has 10 nitrogen and oxygen atoms in total. The van der Waals surface area contributed by atoms with E-state index in [2.05, 4.69) is 62.2 Å². The van der Waals surface area contributed by atoms with Crippen LogP contribution in [0.1, 0.15) is 34.6 Å². The van der Waals surface area contributed by atoms with Crippen LogP contribution in [-0.2, 0) is 33.3 Å². The van der Waals surface area contributed by atoms with E-state index in [0.717, 1.165) is 18.7 Å². The van der Waals surface area contributed by atoms with Crippen LogP contribution >= 0.6 is 0 Å². The van der Waals surface area contributed by atoms with Gasteiger partial charge in [0.15, 0.2) is 0 Å². The first-order chi connectivity index (χ1) is 16.1. The fourth-order valence-corrected chi connectivity index (χ4v) is 2.14. The third kappa shape index (κ3) is 40.5. The molecule has 0 aromatic carbocycles. The summed E-state index contributed by atoms with van der Waals surface area (Å²) in [5.41, 5.74) is 0. The van der Waals surface area contributed by atoms with Crippen molar-refractivity contribution in [2.45, 2.75) is 46.7 Å². The van der Waals surface area contributed by atoms with Crippen molar-refractivity contribution in [1.82, 2.24) is 4.90 Å². The Kier molecular flexibility index (Phi) is 38.6. The van der Waals surface area contributed by atoms with Crippen LogP contribution in [0.25, 0.3) is 0 Å². The number of esters is 1. The average molecular weight is 496 g/mol. The maximum absolute atomic E-state index is 10.5. The van der Waals surface area contributed by atoms with Crippen molar-refractivity contribution >= 4 is 11.9 Å². The quantitative estimate of drug-likeness (QED) is 0.187. The number of carbonyl (C=O) groups is 2.